The van der Waals surface area contributed by atoms with Crippen LogP contribution in [0.2, 0.25) is 10.3 Å². The maximum atomic E-state index is 12.3. The summed E-state index contributed by atoms with van der Waals surface area (Å²) >= 11 is 11.5. The summed E-state index contributed by atoms with van der Waals surface area (Å²) in [6.45, 7) is 1.10. The van der Waals surface area contributed by atoms with Crippen LogP contribution in [0.1, 0.15) is 10.4 Å². The van der Waals surface area contributed by atoms with E-state index in [0.29, 0.717) is 13.1 Å². The van der Waals surface area contributed by atoms with Crippen molar-refractivity contribution in [1.82, 2.24) is 19.4 Å². The van der Waals surface area contributed by atoms with Gasteiger partial charge in [-0.25, -0.2) is 8.42 Å². The van der Waals surface area contributed by atoms with Crippen LogP contribution in [-0.4, -0.2) is 66.2 Å². The van der Waals surface area contributed by atoms with Crippen molar-refractivity contribution in [2.24, 2.45) is 0 Å². The van der Waals surface area contributed by atoms with E-state index in [1.807, 2.05) is 0 Å². The van der Waals surface area contributed by atoms with E-state index in [9.17, 15) is 13.2 Å². The third-order valence-electron chi connectivity index (χ3n) is 2.94. The number of halogens is 2. The van der Waals surface area contributed by atoms with Gasteiger partial charge in [0.15, 0.2) is 10.3 Å². The van der Waals surface area contributed by atoms with Crippen molar-refractivity contribution in [3.63, 3.8) is 0 Å². The van der Waals surface area contributed by atoms with Gasteiger partial charge in [-0.2, -0.15) is 4.31 Å². The van der Waals surface area contributed by atoms with Crippen LogP contribution in [0.5, 0.6) is 0 Å². The van der Waals surface area contributed by atoms with Crippen molar-refractivity contribution >= 4 is 39.1 Å². The van der Waals surface area contributed by atoms with Gasteiger partial charge in [-0.1, -0.05) is 23.2 Å². The van der Waals surface area contributed by atoms with Crippen molar-refractivity contribution in [2.45, 2.75) is 0 Å². The van der Waals surface area contributed by atoms with Crippen LogP contribution < -0.4 is 0 Å². The molecule has 0 saturated carbocycles. The molecule has 110 valence electrons. The standard InChI is InChI=1S/C10H12Cl2N4O3S/c1-20(18,19)16-4-2-15(3-5-16)10(17)7-6-8(11)13-14-9(7)12/h6H,2-5H2,1H3. The fourth-order valence-electron chi connectivity index (χ4n) is 1.90. The number of rotatable bonds is 2. The second kappa shape index (κ2) is 5.80. The molecule has 0 atom stereocenters. The molecular formula is C10H12Cl2N4O3S. The van der Waals surface area contributed by atoms with E-state index in [1.54, 1.807) is 0 Å². The highest BCUT2D eigenvalue weighted by Crippen LogP contribution is 2.18. The van der Waals surface area contributed by atoms with Gasteiger partial charge in [-0.3, -0.25) is 4.79 Å². The first-order valence-electron chi connectivity index (χ1n) is 5.72. The molecule has 1 fully saturated rings. The molecule has 0 aromatic carbocycles. The molecule has 1 aromatic heterocycles. The van der Waals surface area contributed by atoms with E-state index in [4.69, 9.17) is 23.2 Å². The normalized spacial score (nSPS) is 17.2. The van der Waals surface area contributed by atoms with Gasteiger partial charge in [0.05, 0.1) is 11.8 Å². The minimum Gasteiger partial charge on any atom is -0.336 e. The third-order valence-corrected chi connectivity index (χ3v) is 4.71. The Morgan fingerprint density at radius 1 is 1.20 bits per heavy atom. The van der Waals surface area contributed by atoms with Crippen molar-refractivity contribution in [1.29, 1.82) is 0 Å². The Morgan fingerprint density at radius 3 is 2.35 bits per heavy atom. The zero-order valence-corrected chi connectivity index (χ0v) is 12.9. The zero-order valence-electron chi connectivity index (χ0n) is 10.6. The van der Waals surface area contributed by atoms with E-state index < -0.39 is 10.0 Å². The van der Waals surface area contributed by atoms with E-state index in [0.717, 1.165) is 6.26 Å². The maximum absolute atomic E-state index is 12.3. The Kier molecular flexibility index (Phi) is 4.48. The third kappa shape index (κ3) is 3.38. The van der Waals surface area contributed by atoms with Crippen molar-refractivity contribution < 1.29 is 13.2 Å². The molecule has 1 aromatic rings. The SMILES string of the molecule is CS(=O)(=O)N1CCN(C(=O)c2cc(Cl)nnc2Cl)CC1. The molecule has 0 radical (unpaired) electrons. The highest BCUT2D eigenvalue weighted by molar-refractivity contribution is 7.88. The van der Waals surface area contributed by atoms with Crippen molar-refractivity contribution in [2.75, 3.05) is 32.4 Å². The molecule has 1 aliphatic heterocycles. The van der Waals surface area contributed by atoms with Crippen molar-refractivity contribution in [3.05, 3.63) is 21.9 Å². The first-order valence-corrected chi connectivity index (χ1v) is 8.32. The summed E-state index contributed by atoms with van der Waals surface area (Å²) in [6.07, 6.45) is 1.15. The summed E-state index contributed by atoms with van der Waals surface area (Å²) in [5.41, 5.74) is 0.166. The molecule has 1 saturated heterocycles. The monoisotopic (exact) mass is 338 g/mol. The molecule has 0 aliphatic carbocycles. The Morgan fingerprint density at radius 2 is 1.80 bits per heavy atom. The number of sulfonamides is 1. The second-order valence-corrected chi connectivity index (χ2v) is 7.05. The summed E-state index contributed by atoms with van der Waals surface area (Å²) in [4.78, 5) is 13.8. The number of piperazine rings is 1. The molecule has 0 N–H and O–H groups in total. The summed E-state index contributed by atoms with van der Waals surface area (Å²) in [7, 11) is -3.23. The van der Waals surface area contributed by atoms with Gasteiger partial charge >= 0.3 is 0 Å². The minimum atomic E-state index is -3.23. The second-order valence-electron chi connectivity index (χ2n) is 4.33. The lowest BCUT2D eigenvalue weighted by atomic mass is 10.2. The molecule has 1 amide bonds. The number of hydrogen-bond acceptors (Lipinski definition) is 5. The summed E-state index contributed by atoms with van der Waals surface area (Å²) < 4.78 is 24.1. The van der Waals surface area contributed by atoms with Crippen LogP contribution in [-0.2, 0) is 10.0 Å². The quantitative estimate of drug-likeness (QED) is 0.784. The summed E-state index contributed by atoms with van der Waals surface area (Å²) in [5.74, 6) is -0.333. The molecule has 2 heterocycles. The lowest BCUT2D eigenvalue weighted by Gasteiger charge is -2.33. The van der Waals surface area contributed by atoms with Gasteiger partial charge in [0, 0.05) is 26.2 Å². The van der Waals surface area contributed by atoms with E-state index in [2.05, 4.69) is 10.2 Å². The first kappa shape index (κ1) is 15.4. The van der Waals surface area contributed by atoms with Gasteiger partial charge in [0.25, 0.3) is 5.91 Å². The topological polar surface area (TPSA) is 83.5 Å². The first-order chi connectivity index (χ1) is 9.29. The van der Waals surface area contributed by atoms with Crippen LogP contribution in [0.15, 0.2) is 6.07 Å². The van der Waals surface area contributed by atoms with Gasteiger partial charge in [0.2, 0.25) is 10.0 Å². The molecule has 1 aliphatic rings. The number of carbonyl (C=O) groups excluding carboxylic acids is 1. The van der Waals surface area contributed by atoms with E-state index in [-0.39, 0.29) is 34.9 Å². The molecular weight excluding hydrogens is 327 g/mol. The number of amides is 1. The molecule has 0 spiro atoms. The summed E-state index contributed by atoms with van der Waals surface area (Å²) in [6, 6.07) is 1.35. The minimum absolute atomic E-state index is 0.0232. The maximum Gasteiger partial charge on any atom is 0.257 e. The average Bonchev–Trinajstić information content (AvgIpc) is 2.40. The number of carbonyl (C=O) groups is 1. The van der Waals surface area contributed by atoms with Crippen LogP contribution in [0, 0.1) is 0 Å². The lowest BCUT2D eigenvalue weighted by Crippen LogP contribution is -2.50. The summed E-state index contributed by atoms with van der Waals surface area (Å²) in [5, 5.41) is 7.17. The molecule has 0 unspecified atom stereocenters. The predicted molar refractivity (Wildman–Crippen MR) is 74.4 cm³/mol. The molecule has 20 heavy (non-hydrogen) atoms. The highest BCUT2D eigenvalue weighted by atomic mass is 35.5. The van der Waals surface area contributed by atoms with E-state index >= 15 is 0 Å². The van der Waals surface area contributed by atoms with Crippen molar-refractivity contribution in [3.8, 4) is 0 Å². The Balaban J connectivity index is 2.11. The van der Waals surface area contributed by atoms with Gasteiger partial charge in [-0.05, 0) is 6.07 Å². The zero-order chi connectivity index (χ0) is 14.9. The molecule has 2 rings (SSSR count). The fourth-order valence-corrected chi connectivity index (χ4v) is 3.04. The smallest absolute Gasteiger partial charge is 0.257 e. The van der Waals surface area contributed by atoms with Gasteiger partial charge in [-0.15, -0.1) is 10.2 Å². The van der Waals surface area contributed by atoms with E-state index in [1.165, 1.54) is 15.3 Å². The molecule has 7 nitrogen and oxygen atoms in total. The lowest BCUT2D eigenvalue weighted by molar-refractivity contribution is 0.0698. The van der Waals surface area contributed by atoms with Gasteiger partial charge < -0.3 is 4.90 Å². The van der Waals surface area contributed by atoms with Crippen LogP contribution in [0.25, 0.3) is 0 Å². The number of nitrogens with zero attached hydrogens (tertiary/aromatic N) is 4. The predicted octanol–water partition coefficient (Wildman–Crippen LogP) is 0.501. The number of aromatic nitrogens is 2. The average molecular weight is 339 g/mol. The Labute approximate surface area is 126 Å². The number of hydrogen-bond donors (Lipinski definition) is 0. The highest BCUT2D eigenvalue weighted by Gasteiger charge is 2.28. The fraction of sp³-hybridized carbons (Fsp3) is 0.500. The van der Waals surface area contributed by atoms with Crippen LogP contribution >= 0.6 is 23.2 Å². The molecule has 0 bridgehead atoms. The Hall–Kier alpha value is -0.960. The largest absolute Gasteiger partial charge is 0.336 e. The Bertz CT molecular complexity index is 629. The van der Waals surface area contributed by atoms with Crippen LogP contribution in [0.4, 0.5) is 0 Å². The van der Waals surface area contributed by atoms with Crippen LogP contribution in [0.3, 0.4) is 0 Å². The van der Waals surface area contributed by atoms with Gasteiger partial charge in [0.1, 0.15) is 0 Å². The molecule has 10 heteroatoms.